The minimum atomic E-state index is -0.517. The molecule has 0 spiro atoms. The summed E-state index contributed by atoms with van der Waals surface area (Å²) in [6.07, 6.45) is 2.08. The van der Waals surface area contributed by atoms with Gasteiger partial charge < -0.3 is 9.80 Å². The lowest BCUT2D eigenvalue weighted by Gasteiger charge is -2.22. The molecule has 1 aromatic carbocycles. The van der Waals surface area contributed by atoms with Crippen molar-refractivity contribution in [2.45, 2.75) is 26.2 Å². The summed E-state index contributed by atoms with van der Waals surface area (Å²) in [5.41, 5.74) is 0.0720. The second-order valence-electron chi connectivity index (χ2n) is 5.40. The molecular weight excluding hydrogens is 351 g/mol. The van der Waals surface area contributed by atoms with Crippen LogP contribution in [0.4, 0.5) is 4.39 Å². The first-order valence-electron chi connectivity index (χ1n) is 7.55. The zero-order valence-corrected chi connectivity index (χ0v) is 14.2. The summed E-state index contributed by atoms with van der Waals surface area (Å²) in [5.74, 6) is -0.703. The van der Waals surface area contributed by atoms with Crippen LogP contribution in [0.5, 0.6) is 0 Å². The molecule has 22 heavy (non-hydrogen) atoms. The Morgan fingerprint density at radius 1 is 1.18 bits per heavy atom. The van der Waals surface area contributed by atoms with E-state index in [9.17, 15) is 14.0 Å². The van der Waals surface area contributed by atoms with Crippen LogP contribution in [0.2, 0.25) is 0 Å². The number of carbonyl (C=O) groups is 2. The minimum Gasteiger partial charge on any atom is -0.341 e. The molecule has 0 bridgehead atoms. The van der Waals surface area contributed by atoms with Gasteiger partial charge in [0.1, 0.15) is 5.82 Å². The number of nitrogens with zero attached hydrogens (tertiary/aromatic N) is 2. The average Bonchev–Trinajstić information content (AvgIpc) is 2.75. The molecule has 0 aromatic heterocycles. The Bertz CT molecular complexity index is 565. The van der Waals surface area contributed by atoms with Crippen molar-refractivity contribution in [3.8, 4) is 0 Å². The van der Waals surface area contributed by atoms with E-state index in [-0.39, 0.29) is 17.4 Å². The van der Waals surface area contributed by atoms with E-state index in [0.717, 1.165) is 12.8 Å². The molecule has 4 nitrogen and oxygen atoms in total. The van der Waals surface area contributed by atoms with Gasteiger partial charge >= 0.3 is 0 Å². The lowest BCUT2D eigenvalue weighted by Crippen LogP contribution is -2.37. The van der Waals surface area contributed by atoms with Crippen LogP contribution in [-0.4, -0.2) is 47.8 Å². The highest BCUT2D eigenvalue weighted by Crippen LogP contribution is 2.18. The smallest absolute Gasteiger partial charge is 0.256 e. The summed E-state index contributed by atoms with van der Waals surface area (Å²) in [5, 5.41) is 0. The summed E-state index contributed by atoms with van der Waals surface area (Å²) in [7, 11) is 0. The van der Waals surface area contributed by atoms with Gasteiger partial charge in [-0.2, -0.15) is 0 Å². The molecule has 1 saturated heterocycles. The van der Waals surface area contributed by atoms with Gasteiger partial charge in [0.15, 0.2) is 0 Å². The molecule has 1 heterocycles. The lowest BCUT2D eigenvalue weighted by atomic mass is 10.2. The zero-order chi connectivity index (χ0) is 16.1. The highest BCUT2D eigenvalue weighted by atomic mass is 79.9. The molecule has 2 amide bonds. The van der Waals surface area contributed by atoms with Gasteiger partial charge in [-0.05, 0) is 31.0 Å². The Hall–Kier alpha value is -1.43. The third-order valence-corrected chi connectivity index (χ3v) is 4.25. The van der Waals surface area contributed by atoms with Gasteiger partial charge in [-0.25, -0.2) is 4.39 Å². The van der Waals surface area contributed by atoms with Crippen molar-refractivity contribution in [1.82, 2.24) is 9.80 Å². The monoisotopic (exact) mass is 370 g/mol. The van der Waals surface area contributed by atoms with Crippen molar-refractivity contribution in [3.05, 3.63) is 34.1 Å². The number of hydrogen-bond acceptors (Lipinski definition) is 2. The molecule has 0 unspecified atom stereocenters. The van der Waals surface area contributed by atoms with Gasteiger partial charge in [0.25, 0.3) is 5.91 Å². The van der Waals surface area contributed by atoms with Gasteiger partial charge in [0.2, 0.25) is 5.91 Å². The Morgan fingerprint density at radius 2 is 1.86 bits per heavy atom. The van der Waals surface area contributed by atoms with Crippen LogP contribution >= 0.6 is 15.9 Å². The topological polar surface area (TPSA) is 40.6 Å². The first-order valence-corrected chi connectivity index (χ1v) is 8.34. The van der Waals surface area contributed by atoms with Crippen LogP contribution in [0.25, 0.3) is 0 Å². The Balaban J connectivity index is 2.06. The highest BCUT2D eigenvalue weighted by Gasteiger charge is 2.24. The van der Waals surface area contributed by atoms with Crippen molar-refractivity contribution < 1.29 is 14.0 Å². The zero-order valence-electron chi connectivity index (χ0n) is 12.6. The number of rotatable bonds is 3. The number of halogens is 2. The first kappa shape index (κ1) is 16.9. The maximum atomic E-state index is 13.8. The normalized spacial score (nSPS) is 15.6. The first-order chi connectivity index (χ1) is 10.5. The second kappa shape index (κ2) is 7.72. The van der Waals surface area contributed by atoms with E-state index in [2.05, 4.69) is 15.9 Å². The quantitative estimate of drug-likeness (QED) is 0.820. The molecule has 120 valence electrons. The molecule has 1 aliphatic heterocycles. The molecule has 1 aromatic rings. The van der Waals surface area contributed by atoms with Gasteiger partial charge in [0, 0.05) is 37.1 Å². The molecule has 0 radical (unpaired) electrons. The highest BCUT2D eigenvalue weighted by molar-refractivity contribution is 9.10. The summed E-state index contributed by atoms with van der Waals surface area (Å²) in [6.45, 7) is 4.13. The third-order valence-electron chi connectivity index (χ3n) is 3.76. The van der Waals surface area contributed by atoms with Crippen molar-refractivity contribution in [1.29, 1.82) is 0 Å². The van der Waals surface area contributed by atoms with Gasteiger partial charge in [-0.1, -0.05) is 22.9 Å². The summed E-state index contributed by atoms with van der Waals surface area (Å²) < 4.78 is 14.5. The summed E-state index contributed by atoms with van der Waals surface area (Å²) >= 11 is 3.26. The molecule has 0 N–H and O–H groups in total. The van der Waals surface area contributed by atoms with E-state index in [4.69, 9.17) is 0 Å². The molecule has 1 aliphatic rings. The van der Waals surface area contributed by atoms with Crippen LogP contribution in [-0.2, 0) is 4.79 Å². The molecule has 2 rings (SSSR count). The standard InChI is InChI=1S/C16H20BrFN2O2/c1-2-4-15(21)19-7-3-8-20(10-9-19)16(22)13-11-12(17)5-6-14(13)18/h5-6,11H,2-4,7-10H2,1H3. The van der Waals surface area contributed by atoms with Gasteiger partial charge in [-0.15, -0.1) is 0 Å². The Morgan fingerprint density at radius 3 is 2.59 bits per heavy atom. The lowest BCUT2D eigenvalue weighted by molar-refractivity contribution is -0.131. The van der Waals surface area contributed by atoms with Crippen LogP contribution in [0, 0.1) is 5.82 Å². The van der Waals surface area contributed by atoms with Crippen molar-refractivity contribution >= 4 is 27.7 Å². The second-order valence-corrected chi connectivity index (χ2v) is 6.32. The van der Waals surface area contributed by atoms with E-state index in [0.29, 0.717) is 37.1 Å². The fourth-order valence-electron chi connectivity index (χ4n) is 2.57. The number of benzene rings is 1. The summed E-state index contributed by atoms with van der Waals surface area (Å²) in [6, 6.07) is 4.36. The van der Waals surface area contributed by atoms with Gasteiger partial charge in [-0.3, -0.25) is 9.59 Å². The largest absolute Gasteiger partial charge is 0.341 e. The van der Waals surface area contributed by atoms with Crippen LogP contribution in [0.15, 0.2) is 22.7 Å². The fraction of sp³-hybridized carbons (Fsp3) is 0.500. The number of hydrogen-bond donors (Lipinski definition) is 0. The third kappa shape index (κ3) is 4.06. The van der Waals surface area contributed by atoms with Crippen LogP contribution in [0.3, 0.4) is 0 Å². The maximum absolute atomic E-state index is 13.8. The number of amides is 2. The van der Waals surface area contributed by atoms with Crippen LogP contribution < -0.4 is 0 Å². The SMILES string of the molecule is CCCC(=O)N1CCCN(C(=O)c2cc(Br)ccc2F)CC1. The van der Waals surface area contributed by atoms with E-state index in [1.807, 2.05) is 6.92 Å². The van der Waals surface area contributed by atoms with E-state index in [1.165, 1.54) is 12.1 Å². The molecule has 0 saturated carbocycles. The predicted molar refractivity (Wildman–Crippen MR) is 86.1 cm³/mol. The van der Waals surface area contributed by atoms with Crippen molar-refractivity contribution in [2.75, 3.05) is 26.2 Å². The van der Waals surface area contributed by atoms with Crippen LogP contribution in [0.1, 0.15) is 36.5 Å². The average molecular weight is 371 g/mol. The molecule has 6 heteroatoms. The number of carbonyl (C=O) groups excluding carboxylic acids is 2. The van der Waals surface area contributed by atoms with Crippen molar-refractivity contribution in [2.24, 2.45) is 0 Å². The summed E-state index contributed by atoms with van der Waals surface area (Å²) in [4.78, 5) is 27.9. The Kier molecular flexibility index (Phi) is 5.94. The van der Waals surface area contributed by atoms with E-state index >= 15 is 0 Å². The molecule has 1 fully saturated rings. The Labute approximate surface area is 138 Å². The maximum Gasteiger partial charge on any atom is 0.256 e. The molecular formula is C16H20BrFN2O2. The minimum absolute atomic E-state index is 0.0720. The molecule has 0 atom stereocenters. The fourth-order valence-corrected chi connectivity index (χ4v) is 2.93. The van der Waals surface area contributed by atoms with E-state index in [1.54, 1.807) is 15.9 Å². The predicted octanol–water partition coefficient (Wildman–Crippen LogP) is 3.06. The van der Waals surface area contributed by atoms with Crippen molar-refractivity contribution in [3.63, 3.8) is 0 Å². The molecule has 0 aliphatic carbocycles. The van der Waals surface area contributed by atoms with Gasteiger partial charge in [0.05, 0.1) is 5.56 Å². The van der Waals surface area contributed by atoms with E-state index < -0.39 is 5.82 Å².